The second-order valence-corrected chi connectivity index (χ2v) is 3.91. The van der Waals surface area contributed by atoms with Gasteiger partial charge in [0.25, 0.3) is 0 Å². The van der Waals surface area contributed by atoms with Gasteiger partial charge in [-0.15, -0.1) is 0 Å². The molecule has 0 aliphatic rings. The maximum atomic E-state index is 12.8. The molecule has 0 aliphatic carbocycles. The van der Waals surface area contributed by atoms with E-state index in [2.05, 4.69) is 0 Å². The van der Waals surface area contributed by atoms with Gasteiger partial charge in [-0.2, -0.15) is 11.8 Å². The van der Waals surface area contributed by atoms with Crippen molar-refractivity contribution in [1.29, 1.82) is 0 Å². The molecular weight excluding hydrogens is 225 g/mol. The van der Waals surface area contributed by atoms with Crippen molar-refractivity contribution in [2.24, 2.45) is 0 Å². The van der Waals surface area contributed by atoms with Crippen molar-refractivity contribution in [2.75, 3.05) is 12.0 Å². The Bertz CT molecular complexity index is 356. The van der Waals surface area contributed by atoms with E-state index >= 15 is 0 Å². The molecule has 0 amide bonds. The average molecular weight is 234 g/mol. The Morgan fingerprint density at radius 1 is 1.27 bits per heavy atom. The van der Waals surface area contributed by atoms with Crippen LogP contribution in [0.25, 0.3) is 0 Å². The molecule has 5 heteroatoms. The zero-order valence-corrected chi connectivity index (χ0v) is 8.84. The lowest BCUT2D eigenvalue weighted by molar-refractivity contribution is 0.0988. The lowest BCUT2D eigenvalue weighted by atomic mass is 10.1. The Kier molecular flexibility index (Phi) is 4.20. The maximum absolute atomic E-state index is 12.8. The van der Waals surface area contributed by atoms with E-state index in [9.17, 15) is 18.0 Å². The fourth-order valence-electron chi connectivity index (χ4n) is 1.06. The third-order valence-electron chi connectivity index (χ3n) is 1.84. The van der Waals surface area contributed by atoms with Gasteiger partial charge in [0.15, 0.2) is 23.2 Å². The topological polar surface area (TPSA) is 17.1 Å². The molecule has 0 spiro atoms. The monoisotopic (exact) mass is 234 g/mol. The van der Waals surface area contributed by atoms with Gasteiger partial charge < -0.3 is 0 Å². The van der Waals surface area contributed by atoms with E-state index in [4.69, 9.17) is 0 Å². The number of carbonyl (C=O) groups excluding carboxylic acids is 1. The summed E-state index contributed by atoms with van der Waals surface area (Å²) < 4.78 is 38.1. The molecule has 1 aromatic carbocycles. The fourth-order valence-corrected chi connectivity index (χ4v) is 1.45. The summed E-state index contributed by atoms with van der Waals surface area (Å²) in [4.78, 5) is 11.4. The van der Waals surface area contributed by atoms with Crippen LogP contribution < -0.4 is 0 Å². The number of Topliss-reactive ketones (excluding diaryl/α,β-unsaturated/α-hetero) is 1. The largest absolute Gasteiger partial charge is 0.294 e. The van der Waals surface area contributed by atoms with Crippen LogP contribution in [0.15, 0.2) is 12.1 Å². The van der Waals surface area contributed by atoms with Crippen molar-refractivity contribution >= 4 is 17.5 Å². The number of carbonyl (C=O) groups is 1. The number of hydrogen-bond acceptors (Lipinski definition) is 2. The van der Waals surface area contributed by atoms with Crippen LogP contribution in [0.4, 0.5) is 13.2 Å². The van der Waals surface area contributed by atoms with Crippen molar-refractivity contribution in [3.63, 3.8) is 0 Å². The first-order valence-corrected chi connectivity index (χ1v) is 5.62. The molecule has 0 bridgehead atoms. The van der Waals surface area contributed by atoms with Crippen molar-refractivity contribution in [3.05, 3.63) is 35.1 Å². The Labute approximate surface area is 89.7 Å². The van der Waals surface area contributed by atoms with Crippen molar-refractivity contribution in [3.8, 4) is 0 Å². The van der Waals surface area contributed by atoms with Gasteiger partial charge in [-0.3, -0.25) is 4.79 Å². The van der Waals surface area contributed by atoms with Crippen LogP contribution in [0, 0.1) is 17.5 Å². The number of ketones is 1. The third kappa shape index (κ3) is 2.99. The van der Waals surface area contributed by atoms with E-state index in [-0.39, 0.29) is 17.8 Å². The highest BCUT2D eigenvalue weighted by atomic mass is 32.2. The van der Waals surface area contributed by atoms with Crippen LogP contribution in [0.2, 0.25) is 0 Å². The van der Waals surface area contributed by atoms with E-state index < -0.39 is 17.5 Å². The van der Waals surface area contributed by atoms with Crippen LogP contribution in [0.5, 0.6) is 0 Å². The zero-order chi connectivity index (χ0) is 11.4. The van der Waals surface area contributed by atoms with Crippen LogP contribution in [-0.2, 0) is 0 Å². The van der Waals surface area contributed by atoms with Crippen molar-refractivity contribution in [1.82, 2.24) is 0 Å². The van der Waals surface area contributed by atoms with Gasteiger partial charge in [0, 0.05) is 17.7 Å². The van der Waals surface area contributed by atoms with E-state index in [0.29, 0.717) is 5.75 Å². The molecule has 1 aromatic rings. The molecular formula is C10H9F3OS. The SMILES string of the molecule is CSCCC(=O)c1cc(F)c(F)c(F)c1. The predicted molar refractivity (Wildman–Crippen MR) is 53.6 cm³/mol. The summed E-state index contributed by atoms with van der Waals surface area (Å²) in [5.41, 5.74) is -0.125. The van der Waals surface area contributed by atoms with Gasteiger partial charge in [0.05, 0.1) is 0 Å². The van der Waals surface area contributed by atoms with E-state index in [0.717, 1.165) is 12.1 Å². The van der Waals surface area contributed by atoms with Gasteiger partial charge in [-0.25, -0.2) is 13.2 Å². The fraction of sp³-hybridized carbons (Fsp3) is 0.300. The summed E-state index contributed by atoms with van der Waals surface area (Å²) >= 11 is 1.45. The van der Waals surface area contributed by atoms with Crippen LogP contribution in [0.1, 0.15) is 16.8 Å². The lowest BCUT2D eigenvalue weighted by Gasteiger charge is -2.01. The third-order valence-corrected chi connectivity index (χ3v) is 2.45. The van der Waals surface area contributed by atoms with Crippen LogP contribution >= 0.6 is 11.8 Å². The van der Waals surface area contributed by atoms with Gasteiger partial charge in [-0.1, -0.05) is 0 Å². The molecule has 15 heavy (non-hydrogen) atoms. The predicted octanol–water partition coefficient (Wildman–Crippen LogP) is 3.04. The Morgan fingerprint density at radius 3 is 2.27 bits per heavy atom. The number of thioether (sulfide) groups is 1. The Hall–Kier alpha value is -0.970. The van der Waals surface area contributed by atoms with Crippen molar-refractivity contribution in [2.45, 2.75) is 6.42 Å². The Balaban J connectivity index is 2.91. The summed E-state index contributed by atoms with van der Waals surface area (Å²) in [7, 11) is 0. The lowest BCUT2D eigenvalue weighted by Crippen LogP contribution is -2.03. The minimum Gasteiger partial charge on any atom is -0.294 e. The molecule has 0 aliphatic heterocycles. The normalized spacial score (nSPS) is 10.4. The quantitative estimate of drug-likeness (QED) is 0.588. The van der Waals surface area contributed by atoms with Gasteiger partial charge in [0.2, 0.25) is 0 Å². The highest BCUT2D eigenvalue weighted by Gasteiger charge is 2.14. The number of hydrogen-bond donors (Lipinski definition) is 0. The molecule has 0 saturated heterocycles. The van der Waals surface area contributed by atoms with Gasteiger partial charge in [0.1, 0.15) is 0 Å². The smallest absolute Gasteiger partial charge is 0.194 e. The molecule has 0 saturated carbocycles. The molecule has 0 atom stereocenters. The first kappa shape index (κ1) is 12.1. The molecule has 0 fully saturated rings. The summed E-state index contributed by atoms with van der Waals surface area (Å²) in [5, 5.41) is 0. The summed E-state index contributed by atoms with van der Waals surface area (Å²) in [5.74, 6) is -4.03. The van der Waals surface area contributed by atoms with E-state index in [1.54, 1.807) is 0 Å². The van der Waals surface area contributed by atoms with E-state index in [1.165, 1.54) is 11.8 Å². The zero-order valence-electron chi connectivity index (χ0n) is 8.02. The number of halogens is 3. The highest BCUT2D eigenvalue weighted by Crippen LogP contribution is 2.15. The van der Waals surface area contributed by atoms with Crippen LogP contribution in [0.3, 0.4) is 0 Å². The summed E-state index contributed by atoms with van der Waals surface area (Å²) in [6.07, 6.45) is 2.00. The second-order valence-electron chi connectivity index (χ2n) is 2.92. The Morgan fingerprint density at radius 2 is 1.80 bits per heavy atom. The number of rotatable bonds is 4. The average Bonchev–Trinajstić information content (AvgIpc) is 2.21. The minimum absolute atomic E-state index is 0.125. The van der Waals surface area contributed by atoms with Crippen LogP contribution in [-0.4, -0.2) is 17.8 Å². The molecule has 1 nitrogen and oxygen atoms in total. The first-order valence-electron chi connectivity index (χ1n) is 4.23. The molecule has 0 N–H and O–H groups in total. The highest BCUT2D eigenvalue weighted by molar-refractivity contribution is 7.98. The molecule has 0 radical (unpaired) electrons. The molecule has 82 valence electrons. The number of benzene rings is 1. The maximum Gasteiger partial charge on any atom is 0.194 e. The standard InChI is InChI=1S/C10H9F3OS/c1-15-3-2-9(14)6-4-7(11)10(13)8(12)5-6/h4-5H,2-3H2,1H3. The molecule has 0 unspecified atom stereocenters. The van der Waals surface area contributed by atoms with Crippen molar-refractivity contribution < 1.29 is 18.0 Å². The summed E-state index contributed by atoms with van der Waals surface area (Å²) in [6.45, 7) is 0. The molecule has 0 aromatic heterocycles. The molecule has 0 heterocycles. The first-order chi connectivity index (χ1) is 7.06. The summed E-state index contributed by atoms with van der Waals surface area (Å²) in [6, 6.07) is 1.45. The van der Waals surface area contributed by atoms with Gasteiger partial charge >= 0.3 is 0 Å². The van der Waals surface area contributed by atoms with Gasteiger partial charge in [-0.05, 0) is 18.4 Å². The second kappa shape index (κ2) is 5.21. The molecule has 1 rings (SSSR count). The van der Waals surface area contributed by atoms with E-state index in [1.807, 2.05) is 6.26 Å². The minimum atomic E-state index is -1.54.